The number of carbonyl (C=O) groups excluding carboxylic acids is 1. The summed E-state index contributed by atoms with van der Waals surface area (Å²) >= 11 is 0. The van der Waals surface area contributed by atoms with Gasteiger partial charge in [0.05, 0.1) is 18.0 Å². The van der Waals surface area contributed by atoms with E-state index in [1.165, 1.54) is 12.8 Å². The number of methoxy groups -OCH3 is 1. The summed E-state index contributed by atoms with van der Waals surface area (Å²) in [5.41, 5.74) is 1.73. The van der Waals surface area contributed by atoms with E-state index in [9.17, 15) is 4.79 Å². The summed E-state index contributed by atoms with van der Waals surface area (Å²) in [4.78, 5) is 26.9. The zero-order valence-corrected chi connectivity index (χ0v) is 20.9. The lowest BCUT2D eigenvalue weighted by Crippen LogP contribution is -2.48. The molecule has 184 valence electrons. The average molecular weight is 467 g/mol. The molecule has 1 saturated carbocycles. The minimum Gasteiger partial charge on any atom is -0.384 e. The van der Waals surface area contributed by atoms with Crippen LogP contribution in [0.2, 0.25) is 0 Å². The highest BCUT2D eigenvalue weighted by molar-refractivity contribution is 5.96. The average Bonchev–Trinajstić information content (AvgIpc) is 3.32. The Hall–Kier alpha value is -2.74. The van der Waals surface area contributed by atoms with Gasteiger partial charge in [0.1, 0.15) is 5.82 Å². The Morgan fingerprint density at radius 3 is 2.59 bits per heavy atom. The first-order valence-electron chi connectivity index (χ1n) is 12.5. The van der Waals surface area contributed by atoms with Crippen LogP contribution in [0.25, 0.3) is 10.9 Å². The van der Waals surface area contributed by atoms with Crippen LogP contribution in [0.1, 0.15) is 68.6 Å². The van der Waals surface area contributed by atoms with Gasteiger partial charge in [-0.05, 0) is 38.3 Å². The minimum absolute atomic E-state index is 0.177. The Morgan fingerprint density at radius 1 is 1.12 bits per heavy atom. The molecule has 4 rings (SSSR count). The Labute approximate surface area is 202 Å². The summed E-state index contributed by atoms with van der Waals surface area (Å²) in [6.45, 7) is 8.12. The van der Waals surface area contributed by atoms with Gasteiger partial charge in [-0.15, -0.1) is 0 Å². The topological polar surface area (TPSA) is 101 Å². The molecule has 2 heterocycles. The molecular weight excluding hydrogens is 428 g/mol. The number of amidine groups is 1. The van der Waals surface area contributed by atoms with Crippen molar-refractivity contribution in [2.24, 2.45) is 10.4 Å². The molecule has 8 nitrogen and oxygen atoms in total. The van der Waals surface area contributed by atoms with Crippen LogP contribution in [0, 0.1) is 12.3 Å². The van der Waals surface area contributed by atoms with E-state index >= 15 is 0 Å². The van der Waals surface area contributed by atoms with E-state index in [1.807, 2.05) is 12.1 Å². The first kappa shape index (κ1) is 24.4. The fourth-order valence-corrected chi connectivity index (χ4v) is 4.82. The summed E-state index contributed by atoms with van der Waals surface area (Å²) in [7, 11) is 1.67. The zero-order valence-electron chi connectivity index (χ0n) is 20.9. The Balaban J connectivity index is 1.58. The predicted octanol–water partition coefficient (Wildman–Crippen LogP) is 3.85. The number of aryl methyl sites for hydroxylation is 1. The maximum atomic E-state index is 13.0. The van der Waals surface area contributed by atoms with Gasteiger partial charge in [-0.3, -0.25) is 9.79 Å². The number of rotatable bonds is 8. The van der Waals surface area contributed by atoms with Crippen molar-refractivity contribution in [2.75, 3.05) is 32.1 Å². The monoisotopic (exact) mass is 466 g/mol. The molecule has 0 unspecified atom stereocenters. The fraction of sp³-hybridized carbons (Fsp3) is 0.615. The number of fused-ring (bicyclic) bond motifs is 1. The third-order valence-electron chi connectivity index (χ3n) is 6.63. The van der Waals surface area contributed by atoms with Crippen molar-refractivity contribution in [3.05, 3.63) is 29.6 Å². The molecule has 0 spiro atoms. The highest BCUT2D eigenvalue weighted by Gasteiger charge is 2.28. The molecule has 2 aromatic rings. The van der Waals surface area contributed by atoms with Gasteiger partial charge in [0.2, 0.25) is 5.82 Å². The quantitative estimate of drug-likeness (QED) is 0.546. The Morgan fingerprint density at radius 2 is 1.88 bits per heavy atom. The molecule has 0 saturated heterocycles. The van der Waals surface area contributed by atoms with Crippen LogP contribution in [-0.2, 0) is 4.74 Å². The molecule has 1 aromatic carbocycles. The van der Waals surface area contributed by atoms with Crippen LogP contribution in [0.15, 0.2) is 23.2 Å². The van der Waals surface area contributed by atoms with Gasteiger partial charge in [-0.2, -0.15) is 0 Å². The molecular formula is C26H38N6O2. The smallest absolute Gasteiger partial charge is 0.289 e. The second-order valence-electron chi connectivity index (χ2n) is 10.4. The van der Waals surface area contributed by atoms with E-state index in [1.54, 1.807) is 7.11 Å². The lowest BCUT2D eigenvalue weighted by atomic mass is 9.90. The molecule has 34 heavy (non-hydrogen) atoms. The molecule has 1 fully saturated rings. The number of benzene rings is 1. The molecule has 1 aromatic heterocycles. The summed E-state index contributed by atoms with van der Waals surface area (Å²) < 4.78 is 5.27. The first-order chi connectivity index (χ1) is 16.3. The van der Waals surface area contributed by atoms with Gasteiger partial charge in [0.25, 0.3) is 5.91 Å². The van der Waals surface area contributed by atoms with Gasteiger partial charge in [-0.1, -0.05) is 38.3 Å². The molecule has 1 aliphatic carbocycles. The van der Waals surface area contributed by atoms with Crippen molar-refractivity contribution in [3.63, 3.8) is 0 Å². The summed E-state index contributed by atoms with van der Waals surface area (Å²) in [6, 6.07) is 6.59. The van der Waals surface area contributed by atoms with Crippen molar-refractivity contribution in [2.45, 2.75) is 71.4 Å². The van der Waals surface area contributed by atoms with Crippen molar-refractivity contribution in [3.8, 4) is 0 Å². The highest BCUT2D eigenvalue weighted by Crippen LogP contribution is 2.27. The maximum absolute atomic E-state index is 13.0. The maximum Gasteiger partial charge on any atom is 0.289 e. The Bertz CT molecular complexity index is 1050. The first-order valence-corrected chi connectivity index (χ1v) is 12.5. The summed E-state index contributed by atoms with van der Waals surface area (Å²) in [5, 5.41) is 11.3. The predicted molar refractivity (Wildman–Crippen MR) is 137 cm³/mol. The van der Waals surface area contributed by atoms with Crippen LogP contribution in [0.4, 0.5) is 5.82 Å². The van der Waals surface area contributed by atoms with Crippen LogP contribution in [0.5, 0.6) is 0 Å². The minimum atomic E-state index is -0.270. The SMILES string of the molecule is COCC(C)(C)CNC(=O)c1nc(N[C@H]2CCCC[C@H]2NC2=NCCC2)c2cc(C)ccc2n1. The zero-order chi connectivity index (χ0) is 24.1. The second kappa shape index (κ2) is 10.7. The van der Waals surface area contributed by atoms with Gasteiger partial charge < -0.3 is 20.7 Å². The molecule has 3 N–H and O–H groups in total. The van der Waals surface area contributed by atoms with Crippen LogP contribution < -0.4 is 16.0 Å². The molecule has 0 radical (unpaired) electrons. The summed E-state index contributed by atoms with van der Waals surface area (Å²) in [5.74, 6) is 1.77. The van der Waals surface area contributed by atoms with Crippen LogP contribution >= 0.6 is 0 Å². The number of nitrogens with zero attached hydrogens (tertiary/aromatic N) is 3. The molecule has 2 aliphatic rings. The lowest BCUT2D eigenvalue weighted by Gasteiger charge is -2.34. The molecule has 2 atom stereocenters. The number of nitrogens with one attached hydrogen (secondary N) is 3. The number of hydrogen-bond acceptors (Lipinski definition) is 7. The van der Waals surface area contributed by atoms with E-state index in [0.29, 0.717) is 19.2 Å². The number of aliphatic imine (C=N–C) groups is 1. The van der Waals surface area contributed by atoms with Crippen molar-refractivity contribution in [1.82, 2.24) is 20.6 Å². The number of aromatic nitrogens is 2. The van der Waals surface area contributed by atoms with Crippen molar-refractivity contribution < 1.29 is 9.53 Å². The van der Waals surface area contributed by atoms with Crippen molar-refractivity contribution in [1.29, 1.82) is 0 Å². The lowest BCUT2D eigenvalue weighted by molar-refractivity contribution is 0.0839. The third kappa shape index (κ3) is 6.03. The fourth-order valence-electron chi connectivity index (χ4n) is 4.82. The molecule has 0 bridgehead atoms. The van der Waals surface area contributed by atoms with Gasteiger partial charge >= 0.3 is 0 Å². The van der Waals surface area contributed by atoms with Crippen molar-refractivity contribution >= 4 is 28.5 Å². The van der Waals surface area contributed by atoms with E-state index < -0.39 is 0 Å². The number of ether oxygens (including phenoxy) is 1. The number of carbonyl (C=O) groups is 1. The molecule has 8 heteroatoms. The van der Waals surface area contributed by atoms with E-state index in [-0.39, 0.29) is 23.2 Å². The number of anilines is 1. The van der Waals surface area contributed by atoms with Crippen LogP contribution in [0.3, 0.4) is 0 Å². The number of hydrogen-bond donors (Lipinski definition) is 3. The van der Waals surface area contributed by atoms with Crippen LogP contribution in [-0.4, -0.2) is 60.6 Å². The van der Waals surface area contributed by atoms with Gasteiger partial charge in [0, 0.05) is 49.5 Å². The van der Waals surface area contributed by atoms with E-state index in [2.05, 4.69) is 52.8 Å². The Kier molecular flexibility index (Phi) is 7.66. The third-order valence-corrected chi connectivity index (χ3v) is 6.63. The standard InChI is InChI=1S/C26H38N6O2/c1-17-11-12-19-18(14-17)23(32-24(30-19)25(33)28-15-26(2,3)16-34-4)31-21-9-6-5-8-20(21)29-22-10-7-13-27-22/h11-12,14,20-21H,5-10,13,15-16H2,1-4H3,(H,27,29)(H,28,33)(H,30,31,32)/t20-,21+/m1/s1. The van der Waals surface area contributed by atoms with Gasteiger partial charge in [-0.25, -0.2) is 9.97 Å². The van der Waals surface area contributed by atoms with E-state index in [4.69, 9.17) is 9.72 Å². The normalized spacial score (nSPS) is 20.8. The molecule has 1 aliphatic heterocycles. The highest BCUT2D eigenvalue weighted by atomic mass is 16.5. The van der Waals surface area contributed by atoms with Gasteiger partial charge in [0.15, 0.2) is 0 Å². The second-order valence-corrected chi connectivity index (χ2v) is 10.4. The van der Waals surface area contributed by atoms with E-state index in [0.717, 1.165) is 60.3 Å². The summed E-state index contributed by atoms with van der Waals surface area (Å²) in [6.07, 6.45) is 6.69. The number of amides is 1. The largest absolute Gasteiger partial charge is 0.384 e. The molecule has 1 amide bonds.